The fourth-order valence-electron chi connectivity index (χ4n) is 2.97. The lowest BCUT2D eigenvalue weighted by Crippen LogP contribution is -2.25. The van der Waals surface area contributed by atoms with Crippen LogP contribution in [0.1, 0.15) is 52.5 Å². The molecule has 2 aromatic heterocycles. The number of nitrogens with zero attached hydrogens (tertiary/aromatic N) is 2. The van der Waals surface area contributed by atoms with Gasteiger partial charge in [0.05, 0.1) is 10.7 Å². The first-order valence-corrected chi connectivity index (χ1v) is 9.79. The van der Waals surface area contributed by atoms with E-state index in [2.05, 4.69) is 10.4 Å². The number of carbonyl (C=O) groups excluding carboxylic acids is 3. The molecular formula is C21H21N3O4S. The average Bonchev–Trinajstić information content (AvgIpc) is 3.19. The largest absolute Gasteiger partial charge is 0.453 e. The van der Waals surface area contributed by atoms with E-state index in [1.165, 1.54) is 11.3 Å². The van der Waals surface area contributed by atoms with Crippen molar-refractivity contribution in [1.29, 1.82) is 0 Å². The van der Waals surface area contributed by atoms with Crippen LogP contribution in [0, 0.1) is 27.7 Å². The third-order valence-electron chi connectivity index (χ3n) is 4.40. The molecule has 1 N–H and O–H groups in total. The molecule has 0 aliphatic heterocycles. The van der Waals surface area contributed by atoms with Crippen LogP contribution in [-0.2, 0) is 4.74 Å². The van der Waals surface area contributed by atoms with Gasteiger partial charge in [0.2, 0.25) is 5.78 Å². The van der Waals surface area contributed by atoms with E-state index in [9.17, 15) is 14.4 Å². The van der Waals surface area contributed by atoms with Gasteiger partial charge in [-0.15, -0.1) is 11.3 Å². The molecule has 29 heavy (non-hydrogen) atoms. The maximum Gasteiger partial charge on any atom is 0.350 e. The lowest BCUT2D eigenvalue weighted by molar-refractivity contribution is 0.0478. The summed E-state index contributed by atoms with van der Waals surface area (Å²) in [6.07, 6.45) is 0. The summed E-state index contributed by atoms with van der Waals surface area (Å²) in [6.45, 7) is 6.66. The first kappa shape index (κ1) is 20.5. The van der Waals surface area contributed by atoms with Crippen molar-refractivity contribution in [2.75, 3.05) is 12.0 Å². The second-order valence-electron chi connectivity index (χ2n) is 6.57. The van der Waals surface area contributed by atoms with Gasteiger partial charge in [-0.2, -0.15) is 0 Å². The van der Waals surface area contributed by atoms with Gasteiger partial charge in [0.25, 0.3) is 5.91 Å². The minimum absolute atomic E-state index is 0.283. The summed E-state index contributed by atoms with van der Waals surface area (Å²) < 4.78 is 6.73. The zero-order valence-electron chi connectivity index (χ0n) is 16.6. The molecule has 1 amide bonds. The molecule has 8 heteroatoms. The van der Waals surface area contributed by atoms with Crippen molar-refractivity contribution in [3.8, 4) is 0 Å². The number of aryl methyl sites for hydroxylation is 3. The Morgan fingerprint density at radius 2 is 1.79 bits per heavy atom. The van der Waals surface area contributed by atoms with E-state index < -0.39 is 5.97 Å². The molecule has 150 valence electrons. The van der Waals surface area contributed by atoms with Crippen molar-refractivity contribution in [2.24, 2.45) is 0 Å². The number of benzene rings is 1. The highest BCUT2D eigenvalue weighted by Crippen LogP contribution is 2.19. The fourth-order valence-corrected chi connectivity index (χ4v) is 3.78. The van der Waals surface area contributed by atoms with Gasteiger partial charge in [-0.1, -0.05) is 18.2 Å². The number of carbonyl (C=O) groups is 3. The van der Waals surface area contributed by atoms with E-state index in [0.717, 1.165) is 5.01 Å². The van der Waals surface area contributed by atoms with E-state index in [4.69, 9.17) is 4.74 Å². The number of esters is 1. The molecule has 0 aliphatic rings. The lowest BCUT2D eigenvalue weighted by atomic mass is 10.1. The second-order valence-corrected chi connectivity index (χ2v) is 7.78. The number of hydrogen-bond acceptors (Lipinski definition) is 6. The summed E-state index contributed by atoms with van der Waals surface area (Å²) in [6, 6.07) is 10.5. The SMILES string of the molecule is Cc1nc(C)c(C(=O)OCC(=O)c2cc(C)n(NC(=O)c3ccccc3)c2C)s1. The average molecular weight is 411 g/mol. The molecule has 0 radical (unpaired) electrons. The smallest absolute Gasteiger partial charge is 0.350 e. The fraction of sp³-hybridized carbons (Fsp3) is 0.238. The van der Waals surface area contributed by atoms with Gasteiger partial charge in [-0.25, -0.2) is 9.78 Å². The van der Waals surface area contributed by atoms with Crippen LogP contribution in [0.15, 0.2) is 36.4 Å². The van der Waals surface area contributed by atoms with Gasteiger partial charge in [-0.3, -0.25) is 19.7 Å². The van der Waals surface area contributed by atoms with Crippen LogP contribution in [-0.4, -0.2) is 33.9 Å². The van der Waals surface area contributed by atoms with Crippen LogP contribution < -0.4 is 5.43 Å². The van der Waals surface area contributed by atoms with Gasteiger partial charge in [0.1, 0.15) is 4.88 Å². The summed E-state index contributed by atoms with van der Waals surface area (Å²) in [5.74, 6) is -1.19. The van der Waals surface area contributed by atoms with E-state index in [1.807, 2.05) is 6.07 Å². The molecule has 7 nitrogen and oxygen atoms in total. The highest BCUT2D eigenvalue weighted by atomic mass is 32.1. The maximum absolute atomic E-state index is 12.6. The Labute approximate surface area is 172 Å². The number of nitrogens with one attached hydrogen (secondary N) is 1. The van der Waals surface area contributed by atoms with Crippen molar-refractivity contribution < 1.29 is 19.1 Å². The Bertz CT molecular complexity index is 1080. The third-order valence-corrected chi connectivity index (χ3v) is 5.46. The molecule has 0 saturated carbocycles. The summed E-state index contributed by atoms with van der Waals surface area (Å²) in [4.78, 5) is 41.8. The molecule has 0 unspecified atom stereocenters. The highest BCUT2D eigenvalue weighted by molar-refractivity contribution is 7.13. The van der Waals surface area contributed by atoms with Gasteiger partial charge in [-0.05, 0) is 45.9 Å². The number of amides is 1. The molecule has 3 rings (SSSR count). The molecule has 0 spiro atoms. The van der Waals surface area contributed by atoms with Gasteiger partial charge in [0, 0.05) is 22.5 Å². The topological polar surface area (TPSA) is 90.3 Å². The van der Waals surface area contributed by atoms with Gasteiger partial charge >= 0.3 is 5.97 Å². The van der Waals surface area contributed by atoms with Gasteiger partial charge in [0.15, 0.2) is 6.61 Å². The van der Waals surface area contributed by atoms with Crippen LogP contribution >= 0.6 is 11.3 Å². The molecule has 1 aromatic carbocycles. The van der Waals surface area contributed by atoms with Crippen molar-refractivity contribution in [1.82, 2.24) is 9.66 Å². The predicted octanol–water partition coefficient (Wildman–Crippen LogP) is 3.60. The predicted molar refractivity (Wildman–Crippen MR) is 110 cm³/mol. The molecule has 0 aliphatic carbocycles. The number of Topliss-reactive ketones (excluding diaryl/α,β-unsaturated/α-hetero) is 1. The first-order valence-electron chi connectivity index (χ1n) is 8.97. The minimum atomic E-state index is -0.562. The van der Waals surface area contributed by atoms with Gasteiger partial charge < -0.3 is 4.74 Å². The molecule has 3 aromatic rings. The van der Waals surface area contributed by atoms with Crippen LogP contribution in [0.4, 0.5) is 0 Å². The van der Waals surface area contributed by atoms with E-state index >= 15 is 0 Å². The number of hydrogen-bond donors (Lipinski definition) is 1. The van der Waals surface area contributed by atoms with Crippen molar-refractivity contribution in [3.63, 3.8) is 0 Å². The highest BCUT2D eigenvalue weighted by Gasteiger charge is 2.21. The Kier molecular flexibility index (Phi) is 5.93. The number of ether oxygens (including phenoxy) is 1. The number of rotatable bonds is 6. The number of thiazole rings is 1. The quantitative estimate of drug-likeness (QED) is 0.494. The van der Waals surface area contributed by atoms with Crippen LogP contribution in [0.3, 0.4) is 0 Å². The Morgan fingerprint density at radius 3 is 2.41 bits per heavy atom. The van der Waals surface area contributed by atoms with Crippen LogP contribution in [0.25, 0.3) is 0 Å². The lowest BCUT2D eigenvalue weighted by Gasteiger charge is -2.11. The first-order chi connectivity index (χ1) is 13.8. The standard InChI is InChI=1S/C21H21N3O4S/c1-12-10-17(14(3)24(12)23-20(26)16-8-6-5-7-9-16)18(25)11-28-21(27)19-13(2)22-15(4)29-19/h5-10H,11H2,1-4H3,(H,23,26). The second kappa shape index (κ2) is 8.40. The molecule has 0 saturated heterocycles. The maximum atomic E-state index is 12.6. The Morgan fingerprint density at radius 1 is 1.10 bits per heavy atom. The summed E-state index contributed by atoms with van der Waals surface area (Å²) in [7, 11) is 0. The Balaban J connectivity index is 1.70. The Hall–Kier alpha value is -3.26. The third kappa shape index (κ3) is 4.43. The van der Waals surface area contributed by atoms with Crippen LogP contribution in [0.5, 0.6) is 0 Å². The van der Waals surface area contributed by atoms with Crippen LogP contribution in [0.2, 0.25) is 0 Å². The zero-order chi connectivity index (χ0) is 21.1. The summed E-state index contributed by atoms with van der Waals surface area (Å²) >= 11 is 1.24. The number of aromatic nitrogens is 2. The summed E-state index contributed by atoms with van der Waals surface area (Å²) in [5.41, 5.74) is 5.53. The van der Waals surface area contributed by atoms with E-state index in [1.54, 1.807) is 62.7 Å². The minimum Gasteiger partial charge on any atom is -0.453 e. The molecule has 0 atom stereocenters. The normalized spacial score (nSPS) is 10.6. The zero-order valence-corrected chi connectivity index (χ0v) is 17.4. The molecule has 2 heterocycles. The van der Waals surface area contributed by atoms with Crippen molar-refractivity contribution >= 4 is 29.0 Å². The van der Waals surface area contributed by atoms with E-state index in [0.29, 0.717) is 33.1 Å². The van der Waals surface area contributed by atoms with Crippen molar-refractivity contribution in [3.05, 3.63) is 74.5 Å². The molecule has 0 fully saturated rings. The van der Waals surface area contributed by atoms with E-state index in [-0.39, 0.29) is 18.3 Å². The van der Waals surface area contributed by atoms with Crippen molar-refractivity contribution in [2.45, 2.75) is 27.7 Å². The number of ketones is 1. The molecular weight excluding hydrogens is 390 g/mol. The summed E-state index contributed by atoms with van der Waals surface area (Å²) in [5, 5.41) is 0.762. The molecule has 0 bridgehead atoms. The monoisotopic (exact) mass is 411 g/mol.